The molecule has 8 heteroatoms. The first-order chi connectivity index (χ1) is 9.58. The molecule has 110 valence electrons. The van der Waals surface area contributed by atoms with E-state index in [1.54, 1.807) is 11.8 Å². The smallest absolute Gasteiger partial charge is 0.209 e. The summed E-state index contributed by atoms with van der Waals surface area (Å²) >= 11 is 1.60. The van der Waals surface area contributed by atoms with Crippen molar-refractivity contribution in [3.8, 4) is 0 Å². The number of thioether (sulfide) groups is 1. The fraction of sp³-hybridized carbons (Fsp3) is 0.667. The van der Waals surface area contributed by atoms with Crippen LogP contribution in [-0.4, -0.2) is 38.0 Å². The lowest BCUT2D eigenvalue weighted by molar-refractivity contribution is 0.392. The summed E-state index contributed by atoms with van der Waals surface area (Å²) in [5, 5.41) is 19.9. The van der Waals surface area contributed by atoms with Crippen LogP contribution in [0.25, 0.3) is 0 Å². The Balaban J connectivity index is 1.92. The van der Waals surface area contributed by atoms with Gasteiger partial charge in [0.1, 0.15) is 5.76 Å². The summed E-state index contributed by atoms with van der Waals surface area (Å²) in [4.78, 5) is 0. The zero-order chi connectivity index (χ0) is 14.5. The van der Waals surface area contributed by atoms with Gasteiger partial charge in [-0.1, -0.05) is 30.8 Å². The van der Waals surface area contributed by atoms with Gasteiger partial charge < -0.3 is 9.84 Å². The van der Waals surface area contributed by atoms with Gasteiger partial charge >= 0.3 is 0 Å². The fourth-order valence-corrected chi connectivity index (χ4v) is 2.80. The quantitative estimate of drug-likeness (QED) is 0.776. The van der Waals surface area contributed by atoms with Gasteiger partial charge in [0.15, 0.2) is 0 Å². The molecule has 2 rings (SSSR count). The van der Waals surface area contributed by atoms with Crippen LogP contribution in [0.4, 0.5) is 0 Å². The van der Waals surface area contributed by atoms with Gasteiger partial charge in [-0.05, 0) is 24.3 Å². The maximum absolute atomic E-state index is 5.15. The number of hydrogen-bond donors (Lipinski definition) is 1. The third-order valence-corrected chi connectivity index (χ3v) is 3.89. The van der Waals surface area contributed by atoms with Gasteiger partial charge in [0.25, 0.3) is 0 Å². The Bertz CT molecular complexity index is 530. The Morgan fingerprint density at radius 2 is 2.15 bits per heavy atom. The van der Waals surface area contributed by atoms with Crippen molar-refractivity contribution < 1.29 is 4.52 Å². The molecule has 0 atom stereocenters. The van der Waals surface area contributed by atoms with E-state index in [-0.39, 0.29) is 0 Å². The summed E-state index contributed by atoms with van der Waals surface area (Å²) in [5.74, 6) is 1.62. The highest BCUT2D eigenvalue weighted by molar-refractivity contribution is 7.98. The molecule has 2 aromatic rings. The Morgan fingerprint density at radius 3 is 2.80 bits per heavy atom. The SMILES string of the molecule is Cc1noc(C)c1CSc1nnnn1CCNC(C)C. The van der Waals surface area contributed by atoms with E-state index in [2.05, 4.69) is 39.8 Å². The van der Waals surface area contributed by atoms with E-state index >= 15 is 0 Å². The number of hydrogen-bond acceptors (Lipinski definition) is 7. The van der Waals surface area contributed by atoms with Gasteiger partial charge in [-0.3, -0.25) is 0 Å². The van der Waals surface area contributed by atoms with Crippen LogP contribution in [0.2, 0.25) is 0 Å². The molecule has 1 N–H and O–H groups in total. The Kier molecular flexibility index (Phi) is 5.13. The molecule has 2 heterocycles. The summed E-state index contributed by atoms with van der Waals surface area (Å²) in [6, 6.07) is 0.463. The molecule has 0 aromatic carbocycles. The lowest BCUT2D eigenvalue weighted by Gasteiger charge is -2.08. The van der Waals surface area contributed by atoms with Crippen molar-refractivity contribution in [3.63, 3.8) is 0 Å². The van der Waals surface area contributed by atoms with Crippen LogP contribution < -0.4 is 5.32 Å². The molecule has 20 heavy (non-hydrogen) atoms. The molecular formula is C12H20N6OS. The number of tetrazole rings is 1. The molecule has 0 saturated carbocycles. The minimum Gasteiger partial charge on any atom is -0.361 e. The van der Waals surface area contributed by atoms with Crippen molar-refractivity contribution in [2.75, 3.05) is 6.54 Å². The van der Waals surface area contributed by atoms with E-state index < -0.39 is 0 Å². The topological polar surface area (TPSA) is 81.7 Å². The van der Waals surface area contributed by atoms with Crippen LogP contribution in [0.15, 0.2) is 9.68 Å². The zero-order valence-corrected chi connectivity index (χ0v) is 13.1. The van der Waals surface area contributed by atoms with E-state index in [9.17, 15) is 0 Å². The van der Waals surface area contributed by atoms with Crippen molar-refractivity contribution in [3.05, 3.63) is 17.0 Å². The summed E-state index contributed by atoms with van der Waals surface area (Å²) in [6.07, 6.45) is 0. The Morgan fingerprint density at radius 1 is 1.35 bits per heavy atom. The highest BCUT2D eigenvalue weighted by Crippen LogP contribution is 2.23. The fourth-order valence-electron chi connectivity index (χ4n) is 1.74. The molecule has 0 unspecified atom stereocenters. The highest BCUT2D eigenvalue weighted by Gasteiger charge is 2.12. The van der Waals surface area contributed by atoms with E-state index in [0.29, 0.717) is 6.04 Å². The van der Waals surface area contributed by atoms with E-state index in [4.69, 9.17) is 4.52 Å². The van der Waals surface area contributed by atoms with Crippen LogP contribution in [0, 0.1) is 13.8 Å². The third-order valence-electron chi connectivity index (χ3n) is 2.90. The molecule has 0 bridgehead atoms. The highest BCUT2D eigenvalue weighted by atomic mass is 32.2. The first kappa shape index (κ1) is 15.0. The average Bonchev–Trinajstić information content (AvgIpc) is 2.95. The Hall–Kier alpha value is -1.41. The second-order valence-electron chi connectivity index (χ2n) is 4.88. The van der Waals surface area contributed by atoms with E-state index in [1.807, 2.05) is 18.5 Å². The van der Waals surface area contributed by atoms with E-state index in [1.165, 1.54) is 0 Å². The number of aryl methyl sites for hydroxylation is 2. The average molecular weight is 296 g/mol. The first-order valence-corrected chi connectivity index (χ1v) is 7.60. The van der Waals surface area contributed by atoms with Crippen LogP contribution in [-0.2, 0) is 12.3 Å². The van der Waals surface area contributed by atoms with Crippen LogP contribution in [0.5, 0.6) is 0 Å². The van der Waals surface area contributed by atoms with Crippen molar-refractivity contribution in [1.82, 2.24) is 30.7 Å². The second-order valence-corrected chi connectivity index (χ2v) is 5.83. The number of aromatic nitrogens is 5. The maximum Gasteiger partial charge on any atom is 0.209 e. The number of rotatable bonds is 7. The molecule has 0 amide bonds. The second kappa shape index (κ2) is 6.85. The minimum absolute atomic E-state index is 0.463. The van der Waals surface area contributed by atoms with Gasteiger partial charge in [0.2, 0.25) is 5.16 Å². The number of nitrogens with zero attached hydrogens (tertiary/aromatic N) is 5. The van der Waals surface area contributed by atoms with Crippen molar-refractivity contribution in [2.45, 2.75) is 51.2 Å². The predicted octanol–water partition coefficient (Wildman–Crippen LogP) is 1.57. The van der Waals surface area contributed by atoms with Gasteiger partial charge in [0, 0.05) is 23.9 Å². The largest absolute Gasteiger partial charge is 0.361 e. The Labute approximate surface area is 122 Å². The van der Waals surface area contributed by atoms with Crippen molar-refractivity contribution in [2.24, 2.45) is 0 Å². The third kappa shape index (κ3) is 3.80. The van der Waals surface area contributed by atoms with Crippen LogP contribution >= 0.6 is 11.8 Å². The monoisotopic (exact) mass is 296 g/mol. The van der Waals surface area contributed by atoms with Gasteiger partial charge in [-0.25, -0.2) is 4.68 Å². The van der Waals surface area contributed by atoms with Crippen molar-refractivity contribution >= 4 is 11.8 Å². The van der Waals surface area contributed by atoms with Gasteiger partial charge in [-0.15, -0.1) is 5.10 Å². The zero-order valence-electron chi connectivity index (χ0n) is 12.3. The summed E-state index contributed by atoms with van der Waals surface area (Å²) in [5.41, 5.74) is 2.04. The van der Waals surface area contributed by atoms with Crippen LogP contribution in [0.3, 0.4) is 0 Å². The predicted molar refractivity (Wildman–Crippen MR) is 76.5 cm³/mol. The van der Waals surface area contributed by atoms with Crippen LogP contribution in [0.1, 0.15) is 30.9 Å². The van der Waals surface area contributed by atoms with E-state index in [0.717, 1.165) is 41.0 Å². The minimum atomic E-state index is 0.463. The number of nitrogens with one attached hydrogen (secondary N) is 1. The molecule has 0 spiro atoms. The van der Waals surface area contributed by atoms with Crippen molar-refractivity contribution in [1.29, 1.82) is 0 Å². The molecule has 0 radical (unpaired) electrons. The lowest BCUT2D eigenvalue weighted by atomic mass is 10.2. The molecule has 0 saturated heterocycles. The molecule has 0 fully saturated rings. The summed E-state index contributed by atoms with van der Waals surface area (Å²) < 4.78 is 6.97. The molecule has 0 aliphatic heterocycles. The molecule has 2 aromatic heterocycles. The maximum atomic E-state index is 5.15. The normalized spacial score (nSPS) is 11.4. The molecule has 7 nitrogen and oxygen atoms in total. The molecule has 0 aliphatic carbocycles. The molecule has 0 aliphatic rings. The first-order valence-electron chi connectivity index (χ1n) is 6.62. The summed E-state index contributed by atoms with van der Waals surface area (Å²) in [6.45, 7) is 9.71. The molecular weight excluding hydrogens is 276 g/mol. The van der Waals surface area contributed by atoms with Gasteiger partial charge in [0.05, 0.1) is 12.2 Å². The van der Waals surface area contributed by atoms with Gasteiger partial charge in [-0.2, -0.15) is 0 Å². The lowest BCUT2D eigenvalue weighted by Crippen LogP contribution is -2.27. The summed E-state index contributed by atoms with van der Waals surface area (Å²) in [7, 11) is 0. The standard InChI is InChI=1S/C12H20N6OS/c1-8(2)13-5-6-18-12(14-16-17-18)20-7-11-9(3)15-19-10(11)4/h8,13H,5-7H2,1-4H3.